The average molecular weight is 1400 g/mol. The van der Waals surface area contributed by atoms with Gasteiger partial charge in [-0.1, -0.05) is 182 Å². The smallest absolute Gasteiger partial charge is 0.367 e. The van der Waals surface area contributed by atoms with Crippen molar-refractivity contribution in [3.05, 3.63) is 353 Å². The third kappa shape index (κ3) is 10.7. The highest BCUT2D eigenvalue weighted by Crippen LogP contribution is 2.57. The number of hydrogen-bond acceptors (Lipinski definition) is 16. The molecule has 0 radical (unpaired) electrons. The molecule has 0 saturated carbocycles. The van der Waals surface area contributed by atoms with Gasteiger partial charge in [0.25, 0.3) is 0 Å². The van der Waals surface area contributed by atoms with Gasteiger partial charge in [-0.05, 0) is 150 Å². The second-order valence-electron chi connectivity index (χ2n) is 26.3. The molecule has 16 heteroatoms. The summed E-state index contributed by atoms with van der Waals surface area (Å²) in [4.78, 5) is 122. The fraction of sp³-hybridized carbons (Fsp3) is 0.0909. The van der Waals surface area contributed by atoms with Gasteiger partial charge in [-0.2, -0.15) is 0 Å². The van der Waals surface area contributed by atoms with Crippen molar-refractivity contribution >= 4 is 136 Å². The van der Waals surface area contributed by atoms with Crippen LogP contribution in [0.15, 0.2) is 277 Å². The number of hydrogen-bond donors (Lipinski definition) is 0. The van der Waals surface area contributed by atoms with Crippen LogP contribution in [0.5, 0.6) is 0 Å². The molecule has 2 aromatic heterocycles. The predicted molar refractivity (Wildman–Crippen MR) is 394 cm³/mol. The highest BCUT2D eigenvalue weighted by atomic mass is 32.1. The number of fused-ring (bicyclic) bond motifs is 13. The van der Waals surface area contributed by atoms with Crippen molar-refractivity contribution < 1.29 is 66.8 Å². The Labute approximate surface area is 601 Å². The molecule has 0 bridgehead atoms. The molecular weight excluding hydrogens is 1350 g/mol. The van der Waals surface area contributed by atoms with Crippen molar-refractivity contribution in [3.8, 4) is 0 Å². The molecule has 4 aliphatic carbocycles. The summed E-state index contributed by atoms with van der Waals surface area (Å²) in [5.74, 6) is -7.63. The van der Waals surface area contributed by atoms with E-state index in [2.05, 4.69) is 0 Å². The summed E-state index contributed by atoms with van der Waals surface area (Å²) in [5, 5.41) is 6.99. The first kappa shape index (κ1) is 63.4. The summed E-state index contributed by atoms with van der Waals surface area (Å²) in [6, 6.07) is 69.4. The quantitative estimate of drug-likeness (QED) is 0.0249. The van der Waals surface area contributed by atoms with Gasteiger partial charge in [-0.3, -0.25) is 19.2 Å². The number of allylic oxidation sites excluding steroid dienone is 8. The zero-order chi connectivity index (χ0) is 70.5. The van der Waals surface area contributed by atoms with Crippen LogP contribution in [0.2, 0.25) is 0 Å². The van der Waals surface area contributed by atoms with E-state index >= 15 is 19.2 Å². The Morgan fingerprint density at radius 1 is 0.337 bits per heavy atom. The first-order valence-corrected chi connectivity index (χ1v) is 35.3. The molecule has 0 spiro atoms. The fourth-order valence-electron chi connectivity index (χ4n) is 14.6. The minimum atomic E-state index is -2.66. The first-order valence-electron chi connectivity index (χ1n) is 33.7. The third-order valence-electron chi connectivity index (χ3n) is 19.9. The highest BCUT2D eigenvalue weighted by molar-refractivity contribution is 7.14. The molecule has 0 saturated heterocycles. The first-order chi connectivity index (χ1) is 50.7. The monoisotopic (exact) mass is 1400 g/mol. The minimum absolute atomic E-state index is 0.0177. The molecule has 14 nitrogen and oxygen atoms in total. The second-order valence-corrected chi connectivity index (χ2v) is 28.5. The van der Waals surface area contributed by atoms with Crippen LogP contribution < -0.4 is 0 Å². The molecule has 0 N–H and O–H groups in total. The molecule has 104 heavy (non-hydrogen) atoms. The SMILES string of the molecule is O=C1C(=Cc2cc3c(s2)C2=CC4C=C5OC(C(=O)OCc6ccccc6)(C(=O)OCc6ccccc6)c6cc(C=C7C(=O)c8cc9cc%10ccccc%10cc9cc8C7=O)sc6C5=CC4C=C2OC3(C(=O)OCc2ccccc2)C(=O)OCc2ccccc2)C(=O)c2cc3cc4ccccc4cc3cc21. The van der Waals surface area contributed by atoms with Crippen molar-refractivity contribution in [1.82, 2.24) is 0 Å². The molecule has 2 aliphatic heterocycles. The van der Waals surface area contributed by atoms with Crippen molar-refractivity contribution in [2.24, 2.45) is 11.8 Å². The molecule has 2 unspecified atom stereocenters. The van der Waals surface area contributed by atoms with E-state index in [9.17, 15) is 19.2 Å². The molecule has 6 aliphatic rings. The van der Waals surface area contributed by atoms with Gasteiger partial charge in [0.2, 0.25) is 0 Å². The van der Waals surface area contributed by atoms with E-state index in [1.807, 2.05) is 109 Å². The zero-order valence-corrected chi connectivity index (χ0v) is 56.6. The number of rotatable bonds is 14. The Bertz CT molecular complexity index is 5360. The largest absolute Gasteiger partial charge is 0.459 e. The summed E-state index contributed by atoms with van der Waals surface area (Å²) in [7, 11) is 0. The van der Waals surface area contributed by atoms with Crippen LogP contribution in [-0.4, -0.2) is 47.0 Å². The van der Waals surface area contributed by atoms with E-state index in [0.717, 1.165) is 65.8 Å². The predicted octanol–water partition coefficient (Wildman–Crippen LogP) is 17.3. The van der Waals surface area contributed by atoms with Gasteiger partial charge in [0.1, 0.15) is 37.9 Å². The number of carbonyl (C=O) groups is 8. The Kier molecular flexibility index (Phi) is 15.3. The molecule has 12 aromatic rings. The molecular formula is C88H54O14S2. The summed E-state index contributed by atoms with van der Waals surface area (Å²) < 4.78 is 38.7. The van der Waals surface area contributed by atoms with Crippen LogP contribution >= 0.6 is 22.7 Å². The lowest BCUT2D eigenvalue weighted by atomic mass is 9.75. The van der Waals surface area contributed by atoms with E-state index in [-0.39, 0.29) is 82.5 Å². The average Bonchev–Trinajstić information content (AvgIpc) is 1.36. The summed E-state index contributed by atoms with van der Waals surface area (Å²) >= 11 is 2.23. The normalized spacial score (nSPS) is 17.0. The number of ketones is 4. The van der Waals surface area contributed by atoms with Crippen LogP contribution in [0.25, 0.3) is 66.4 Å². The summed E-state index contributed by atoms with van der Waals surface area (Å²) in [6.45, 7) is -1.07. The van der Waals surface area contributed by atoms with Crippen LogP contribution in [-0.2, 0) is 85.2 Å². The Balaban J connectivity index is 0.783. The zero-order valence-electron chi connectivity index (χ0n) is 54.9. The van der Waals surface area contributed by atoms with Gasteiger partial charge in [0.15, 0.2) is 23.1 Å². The highest BCUT2D eigenvalue weighted by Gasteiger charge is 2.62. The van der Waals surface area contributed by atoms with E-state index in [1.54, 1.807) is 146 Å². The van der Waals surface area contributed by atoms with Crippen molar-refractivity contribution in [2.75, 3.05) is 0 Å². The Morgan fingerprint density at radius 3 is 0.885 bits per heavy atom. The molecule has 4 heterocycles. The topological polar surface area (TPSA) is 192 Å². The maximum atomic E-state index is 15.6. The number of ether oxygens (including phenoxy) is 6. The number of benzene rings is 10. The van der Waals surface area contributed by atoms with Crippen molar-refractivity contribution in [2.45, 2.75) is 37.6 Å². The number of esters is 4. The molecule has 10 aromatic carbocycles. The molecule has 0 fully saturated rings. The van der Waals surface area contributed by atoms with Crippen LogP contribution in [0, 0.1) is 11.8 Å². The lowest BCUT2D eigenvalue weighted by molar-refractivity contribution is -0.191. The van der Waals surface area contributed by atoms with Gasteiger partial charge < -0.3 is 28.4 Å². The molecule has 502 valence electrons. The molecule has 0 amide bonds. The molecule has 18 rings (SSSR count). The van der Waals surface area contributed by atoms with E-state index in [4.69, 9.17) is 28.4 Å². The van der Waals surface area contributed by atoms with E-state index in [1.165, 1.54) is 12.2 Å². The third-order valence-corrected chi connectivity index (χ3v) is 22.1. The van der Waals surface area contributed by atoms with Gasteiger partial charge >= 0.3 is 35.1 Å². The Hall–Kier alpha value is -12.8. The maximum absolute atomic E-state index is 15.6. The lowest BCUT2D eigenvalue weighted by Gasteiger charge is -2.41. The number of thiophene rings is 2. The van der Waals surface area contributed by atoms with Crippen LogP contribution in [0.1, 0.15) is 94.3 Å². The standard InChI is InChI=1S/C88H54O14S2/c89-77-65-33-57-29-53-25-13-14-26-54(53)30-58(57)34-66(65)78(90)71(77)41-63-43-73-81(103-63)69-37-62-40-76-70(38-61(62)39-75(69)101-87(73,83(93)97-45-49-17-5-1-6-18-49)84(94)98-46-50-19-7-2-8-20-50)82-74(88(102-76,85(95)99-47-51-21-9-3-10-22-51)86(96)100-48-52-23-11-4-12-24-52)44-64(104-82)42-72-79(91)67-35-59-31-55-27-15-16-28-56(55)32-60(59)36-68(67)80(72)92/h1-44,61-62H,45-48H2. The van der Waals surface area contributed by atoms with E-state index in [0.29, 0.717) is 52.9 Å². The number of carbonyl (C=O) groups excluding carboxylic acids is 8. The van der Waals surface area contributed by atoms with Gasteiger partial charge in [0, 0.05) is 75.9 Å². The fourth-order valence-corrected chi connectivity index (χ4v) is 17.0. The van der Waals surface area contributed by atoms with Gasteiger partial charge in [-0.25, -0.2) is 19.2 Å². The van der Waals surface area contributed by atoms with E-state index < -0.39 is 70.0 Å². The second kappa shape index (κ2) is 25.1. The molecule has 2 atom stereocenters. The Morgan fingerprint density at radius 2 is 0.606 bits per heavy atom. The summed E-state index contributed by atoms with van der Waals surface area (Å²) in [5.41, 5.74) is -1.33. The number of Topliss-reactive ketones (excluding diaryl/α,β-unsaturated/α-hetero) is 4. The van der Waals surface area contributed by atoms with Gasteiger partial charge in [-0.15, -0.1) is 22.7 Å². The lowest BCUT2D eigenvalue weighted by Crippen LogP contribution is -2.51. The minimum Gasteiger partial charge on any atom is -0.459 e. The van der Waals surface area contributed by atoms with Gasteiger partial charge in [0.05, 0.1) is 11.1 Å². The van der Waals surface area contributed by atoms with Crippen LogP contribution in [0.3, 0.4) is 0 Å². The maximum Gasteiger partial charge on any atom is 0.367 e. The van der Waals surface area contributed by atoms with Crippen molar-refractivity contribution in [1.29, 1.82) is 0 Å². The van der Waals surface area contributed by atoms with Crippen molar-refractivity contribution in [3.63, 3.8) is 0 Å². The summed E-state index contributed by atoms with van der Waals surface area (Å²) in [6.07, 6.45) is 10.2. The van der Waals surface area contributed by atoms with Crippen LogP contribution in [0.4, 0.5) is 0 Å².